The van der Waals surface area contributed by atoms with Crippen LogP contribution in [0.1, 0.15) is 23.1 Å². The molecule has 4 nitrogen and oxygen atoms in total. The topological polar surface area (TPSA) is 43.6 Å². The van der Waals surface area contributed by atoms with Crippen molar-refractivity contribution < 1.29 is 9.53 Å². The summed E-state index contributed by atoms with van der Waals surface area (Å²) in [5.41, 5.74) is 1.63. The van der Waals surface area contributed by atoms with E-state index in [-0.39, 0.29) is 5.97 Å². The molecular formula is C11H10ClIN2O2. The Kier molecular flexibility index (Phi) is 3.58. The Balaban J connectivity index is 2.69. The average Bonchev–Trinajstić information content (AvgIpc) is 2.61. The van der Waals surface area contributed by atoms with Gasteiger partial charge in [-0.25, -0.2) is 9.78 Å². The number of carbonyl (C=O) groups is 1. The summed E-state index contributed by atoms with van der Waals surface area (Å²) in [6.45, 7) is 3.87. The highest BCUT2D eigenvalue weighted by atomic mass is 127. The van der Waals surface area contributed by atoms with Crippen LogP contribution in [0.25, 0.3) is 5.65 Å². The van der Waals surface area contributed by atoms with Crippen molar-refractivity contribution in [2.45, 2.75) is 13.8 Å². The van der Waals surface area contributed by atoms with Gasteiger partial charge in [-0.05, 0) is 42.5 Å². The van der Waals surface area contributed by atoms with Gasteiger partial charge in [0.15, 0.2) is 11.3 Å². The number of hydrogen-bond donors (Lipinski definition) is 0. The highest BCUT2D eigenvalue weighted by Crippen LogP contribution is 2.25. The molecule has 0 saturated carbocycles. The van der Waals surface area contributed by atoms with Crippen molar-refractivity contribution in [2.24, 2.45) is 0 Å². The van der Waals surface area contributed by atoms with Crippen molar-refractivity contribution in [3.8, 4) is 0 Å². The molecule has 0 aliphatic heterocycles. The average molecular weight is 365 g/mol. The fourth-order valence-electron chi connectivity index (χ4n) is 1.61. The lowest BCUT2D eigenvalue weighted by Gasteiger charge is -2.03. The second-order valence-corrected chi connectivity index (χ2v) is 4.98. The summed E-state index contributed by atoms with van der Waals surface area (Å²) in [4.78, 5) is 16.1. The van der Waals surface area contributed by atoms with Crippen LogP contribution in [-0.4, -0.2) is 22.0 Å². The number of aromatic nitrogens is 2. The van der Waals surface area contributed by atoms with Gasteiger partial charge in [0.1, 0.15) is 0 Å². The third-order valence-corrected chi connectivity index (χ3v) is 3.92. The second kappa shape index (κ2) is 4.81. The molecule has 0 N–H and O–H groups in total. The summed E-state index contributed by atoms with van der Waals surface area (Å²) in [5.74, 6) is -0.380. The standard InChI is InChI=1S/C11H10ClIN2O2/c1-3-17-11(16)9-6(2)14-10-8(12)7(13)4-5-15(9)10/h4-5H,3H2,1-2H3. The number of nitrogens with zero attached hydrogens (tertiary/aromatic N) is 2. The van der Waals surface area contributed by atoms with Gasteiger partial charge in [-0.15, -0.1) is 0 Å². The van der Waals surface area contributed by atoms with Gasteiger partial charge in [0.2, 0.25) is 0 Å². The maximum atomic E-state index is 11.8. The number of hydrogen-bond acceptors (Lipinski definition) is 3. The highest BCUT2D eigenvalue weighted by molar-refractivity contribution is 14.1. The van der Waals surface area contributed by atoms with Gasteiger partial charge < -0.3 is 4.74 Å². The van der Waals surface area contributed by atoms with Gasteiger partial charge in [0.25, 0.3) is 0 Å². The lowest BCUT2D eigenvalue weighted by Crippen LogP contribution is -2.09. The normalized spacial score (nSPS) is 10.8. The molecule has 2 aromatic heterocycles. The Morgan fingerprint density at radius 2 is 2.35 bits per heavy atom. The summed E-state index contributed by atoms with van der Waals surface area (Å²) in [5, 5.41) is 0.548. The third-order valence-electron chi connectivity index (χ3n) is 2.33. The minimum absolute atomic E-state index is 0.337. The van der Waals surface area contributed by atoms with Crippen molar-refractivity contribution in [3.63, 3.8) is 0 Å². The molecule has 2 aromatic rings. The van der Waals surface area contributed by atoms with E-state index in [0.717, 1.165) is 3.57 Å². The Labute approximate surface area is 117 Å². The Morgan fingerprint density at radius 3 is 3.00 bits per heavy atom. The molecule has 0 fully saturated rings. The van der Waals surface area contributed by atoms with Crippen molar-refractivity contribution in [1.82, 2.24) is 9.38 Å². The Hall–Kier alpha value is -0.820. The zero-order valence-corrected chi connectivity index (χ0v) is 12.2. The Bertz CT molecular complexity index is 595. The number of fused-ring (bicyclic) bond motifs is 1. The number of esters is 1. The quantitative estimate of drug-likeness (QED) is 0.608. The largest absolute Gasteiger partial charge is 0.461 e. The molecular weight excluding hydrogens is 354 g/mol. The van der Waals surface area contributed by atoms with Crippen LogP contribution >= 0.6 is 34.2 Å². The van der Waals surface area contributed by atoms with Crippen LogP contribution < -0.4 is 0 Å². The van der Waals surface area contributed by atoms with Crippen molar-refractivity contribution in [3.05, 3.63) is 32.2 Å². The summed E-state index contributed by atoms with van der Waals surface area (Å²) in [6.07, 6.45) is 1.77. The summed E-state index contributed by atoms with van der Waals surface area (Å²) in [7, 11) is 0. The van der Waals surface area contributed by atoms with E-state index in [4.69, 9.17) is 16.3 Å². The van der Waals surface area contributed by atoms with Crippen LogP contribution in [0.15, 0.2) is 12.3 Å². The number of aryl methyl sites for hydroxylation is 1. The molecule has 0 atom stereocenters. The SMILES string of the molecule is CCOC(=O)c1c(C)nc2c(Cl)c(I)ccn12. The molecule has 0 radical (unpaired) electrons. The molecule has 2 heterocycles. The molecule has 0 aliphatic carbocycles. The molecule has 0 unspecified atom stereocenters. The van der Waals surface area contributed by atoms with Gasteiger partial charge in [0.05, 0.1) is 17.3 Å². The first-order valence-electron chi connectivity index (χ1n) is 5.06. The van der Waals surface area contributed by atoms with E-state index >= 15 is 0 Å². The van der Waals surface area contributed by atoms with Gasteiger partial charge in [0, 0.05) is 9.77 Å². The lowest BCUT2D eigenvalue weighted by atomic mass is 10.3. The van der Waals surface area contributed by atoms with Gasteiger partial charge in [-0.1, -0.05) is 11.6 Å². The van der Waals surface area contributed by atoms with E-state index in [1.807, 2.05) is 6.07 Å². The highest BCUT2D eigenvalue weighted by Gasteiger charge is 2.19. The summed E-state index contributed by atoms with van der Waals surface area (Å²) < 4.78 is 7.57. The van der Waals surface area contributed by atoms with Gasteiger partial charge in [-0.2, -0.15) is 0 Å². The van der Waals surface area contributed by atoms with Crippen LogP contribution in [0, 0.1) is 10.5 Å². The van der Waals surface area contributed by atoms with E-state index in [2.05, 4.69) is 27.6 Å². The van der Waals surface area contributed by atoms with Crippen LogP contribution in [-0.2, 0) is 4.74 Å². The molecule has 0 aliphatic rings. The fraction of sp³-hybridized carbons (Fsp3) is 0.273. The summed E-state index contributed by atoms with van der Waals surface area (Å²) in [6, 6.07) is 1.83. The molecule has 0 amide bonds. The first-order chi connectivity index (χ1) is 8.06. The van der Waals surface area contributed by atoms with E-state index in [1.54, 1.807) is 24.4 Å². The van der Waals surface area contributed by atoms with Gasteiger partial charge >= 0.3 is 5.97 Å². The third kappa shape index (κ3) is 2.13. The number of imidazole rings is 1. The molecule has 17 heavy (non-hydrogen) atoms. The predicted molar refractivity (Wildman–Crippen MR) is 73.6 cm³/mol. The second-order valence-electron chi connectivity index (χ2n) is 3.44. The summed E-state index contributed by atoms with van der Waals surface area (Å²) >= 11 is 8.28. The maximum Gasteiger partial charge on any atom is 0.357 e. The van der Waals surface area contributed by atoms with Crippen LogP contribution in [0.3, 0.4) is 0 Å². The lowest BCUT2D eigenvalue weighted by molar-refractivity contribution is 0.0517. The minimum Gasteiger partial charge on any atom is -0.461 e. The van der Waals surface area contributed by atoms with Crippen LogP contribution in [0.5, 0.6) is 0 Å². The molecule has 0 aromatic carbocycles. The number of rotatable bonds is 2. The number of ether oxygens (including phenoxy) is 1. The molecule has 0 saturated heterocycles. The zero-order valence-electron chi connectivity index (χ0n) is 9.33. The van der Waals surface area contributed by atoms with E-state index < -0.39 is 0 Å². The molecule has 90 valence electrons. The van der Waals surface area contributed by atoms with E-state index in [0.29, 0.717) is 28.7 Å². The molecule has 2 rings (SSSR count). The number of pyridine rings is 1. The van der Waals surface area contributed by atoms with E-state index in [9.17, 15) is 4.79 Å². The van der Waals surface area contributed by atoms with Crippen LogP contribution in [0.2, 0.25) is 5.02 Å². The number of halogens is 2. The Morgan fingerprint density at radius 1 is 1.65 bits per heavy atom. The van der Waals surface area contributed by atoms with Gasteiger partial charge in [-0.3, -0.25) is 4.40 Å². The predicted octanol–water partition coefficient (Wildman–Crippen LogP) is 3.08. The minimum atomic E-state index is -0.380. The molecule has 6 heteroatoms. The fourth-order valence-corrected chi connectivity index (χ4v) is 2.21. The maximum absolute atomic E-state index is 11.8. The molecule has 0 spiro atoms. The van der Waals surface area contributed by atoms with E-state index in [1.165, 1.54) is 0 Å². The van der Waals surface area contributed by atoms with Crippen molar-refractivity contribution in [2.75, 3.05) is 6.61 Å². The van der Waals surface area contributed by atoms with Crippen LogP contribution in [0.4, 0.5) is 0 Å². The zero-order chi connectivity index (χ0) is 12.6. The number of carbonyl (C=O) groups excluding carboxylic acids is 1. The van der Waals surface area contributed by atoms with Crippen molar-refractivity contribution >= 4 is 45.8 Å². The first-order valence-corrected chi connectivity index (χ1v) is 6.51. The van der Waals surface area contributed by atoms with Crippen molar-refractivity contribution in [1.29, 1.82) is 0 Å². The first kappa shape index (κ1) is 12.6. The monoisotopic (exact) mass is 364 g/mol. The smallest absolute Gasteiger partial charge is 0.357 e. The molecule has 0 bridgehead atoms.